The second-order valence-corrected chi connectivity index (χ2v) is 5.57. The molecule has 0 aliphatic carbocycles. The van der Waals surface area contributed by atoms with Gasteiger partial charge in [0.2, 0.25) is 0 Å². The number of hydrogen-bond acceptors (Lipinski definition) is 4. The molecule has 0 aliphatic rings. The first-order valence-electron chi connectivity index (χ1n) is 5.33. The van der Waals surface area contributed by atoms with Gasteiger partial charge in [0.05, 0.1) is 17.3 Å². The molecule has 3 nitrogen and oxygen atoms in total. The Kier molecular flexibility index (Phi) is 3.01. The van der Waals surface area contributed by atoms with Gasteiger partial charge in [0.25, 0.3) is 0 Å². The Morgan fingerprint density at radius 1 is 1.22 bits per heavy atom. The van der Waals surface area contributed by atoms with Crippen LogP contribution in [0, 0.1) is 0 Å². The molecule has 5 heteroatoms. The molecule has 0 amide bonds. The van der Waals surface area contributed by atoms with Crippen LogP contribution in [0.4, 0.5) is 0 Å². The number of aromatic nitrogens is 2. The van der Waals surface area contributed by atoms with Crippen LogP contribution < -0.4 is 4.74 Å². The Balaban J connectivity index is 2.10. The van der Waals surface area contributed by atoms with E-state index < -0.39 is 0 Å². The third kappa shape index (κ3) is 2.11. The molecule has 2 aromatic heterocycles. The first-order valence-corrected chi connectivity index (χ1v) is 6.94. The van der Waals surface area contributed by atoms with Crippen LogP contribution in [0.15, 0.2) is 41.1 Å². The number of nitrogens with zero attached hydrogens (tertiary/aromatic N) is 2. The number of pyridine rings is 1. The van der Waals surface area contributed by atoms with E-state index >= 15 is 0 Å². The summed E-state index contributed by atoms with van der Waals surface area (Å²) in [6.07, 6.45) is 1.82. The van der Waals surface area contributed by atoms with Gasteiger partial charge in [-0.25, -0.2) is 9.97 Å². The molecule has 0 bridgehead atoms. The highest BCUT2D eigenvalue weighted by Crippen LogP contribution is 2.32. The molecule has 18 heavy (non-hydrogen) atoms. The van der Waals surface area contributed by atoms with E-state index in [4.69, 9.17) is 4.74 Å². The van der Waals surface area contributed by atoms with Gasteiger partial charge in [-0.1, -0.05) is 0 Å². The van der Waals surface area contributed by atoms with Gasteiger partial charge in [0, 0.05) is 11.8 Å². The summed E-state index contributed by atoms with van der Waals surface area (Å²) in [4.78, 5) is 8.81. The summed E-state index contributed by atoms with van der Waals surface area (Å²) in [5, 5.41) is 0.971. The molecule has 0 unspecified atom stereocenters. The highest BCUT2D eigenvalue weighted by molar-refractivity contribution is 9.10. The molecular formula is C13H9BrN2OS. The zero-order valence-corrected chi connectivity index (χ0v) is 12.0. The van der Waals surface area contributed by atoms with Gasteiger partial charge in [0.1, 0.15) is 15.4 Å². The number of methoxy groups -OCH3 is 1. The molecule has 0 aliphatic heterocycles. The number of ether oxygens (including phenoxy) is 1. The molecule has 1 aromatic carbocycles. The lowest BCUT2D eigenvalue weighted by atomic mass is 10.3. The second kappa shape index (κ2) is 4.66. The van der Waals surface area contributed by atoms with Crippen LogP contribution in [-0.4, -0.2) is 17.1 Å². The zero-order valence-electron chi connectivity index (χ0n) is 9.55. The Hall–Kier alpha value is -1.46. The summed E-state index contributed by atoms with van der Waals surface area (Å²) in [6.45, 7) is 0. The first-order chi connectivity index (χ1) is 8.76. The molecule has 0 saturated carbocycles. The van der Waals surface area contributed by atoms with Crippen molar-refractivity contribution in [1.82, 2.24) is 9.97 Å². The average Bonchev–Trinajstić information content (AvgIpc) is 2.82. The van der Waals surface area contributed by atoms with Crippen molar-refractivity contribution in [2.24, 2.45) is 0 Å². The summed E-state index contributed by atoms with van der Waals surface area (Å²) in [6, 6.07) is 9.82. The van der Waals surface area contributed by atoms with E-state index in [1.165, 1.54) is 0 Å². The quantitative estimate of drug-likeness (QED) is 0.666. The number of benzene rings is 1. The Morgan fingerprint density at radius 3 is 2.83 bits per heavy atom. The highest BCUT2D eigenvalue weighted by Gasteiger charge is 2.07. The van der Waals surface area contributed by atoms with Crippen molar-refractivity contribution in [3.05, 3.63) is 41.1 Å². The van der Waals surface area contributed by atoms with Crippen molar-refractivity contribution in [1.29, 1.82) is 0 Å². The maximum atomic E-state index is 5.21. The van der Waals surface area contributed by atoms with E-state index in [1.54, 1.807) is 18.4 Å². The standard InChI is InChI=1S/C13H9BrN2OS/c1-17-9-3-4-10-11(6-9)18-13(16-10)8-2-5-12(14)15-7-8/h2-7H,1H3. The Morgan fingerprint density at radius 2 is 2.11 bits per heavy atom. The minimum atomic E-state index is 0.828. The van der Waals surface area contributed by atoms with Gasteiger partial charge in [0.15, 0.2) is 0 Å². The minimum Gasteiger partial charge on any atom is -0.497 e. The van der Waals surface area contributed by atoms with Crippen LogP contribution in [0.3, 0.4) is 0 Å². The average molecular weight is 321 g/mol. The number of halogens is 1. The largest absolute Gasteiger partial charge is 0.497 e. The fourth-order valence-corrected chi connectivity index (χ4v) is 2.88. The molecule has 0 saturated heterocycles. The van der Waals surface area contributed by atoms with Crippen LogP contribution in [-0.2, 0) is 0 Å². The van der Waals surface area contributed by atoms with Crippen LogP contribution in [0.1, 0.15) is 0 Å². The SMILES string of the molecule is COc1ccc2nc(-c3ccc(Br)nc3)sc2c1. The van der Waals surface area contributed by atoms with E-state index in [1.807, 2.05) is 36.5 Å². The van der Waals surface area contributed by atoms with Crippen LogP contribution in [0.2, 0.25) is 0 Å². The van der Waals surface area contributed by atoms with Gasteiger partial charge in [-0.2, -0.15) is 0 Å². The van der Waals surface area contributed by atoms with E-state index in [0.717, 1.165) is 31.1 Å². The van der Waals surface area contributed by atoms with Gasteiger partial charge >= 0.3 is 0 Å². The molecule has 90 valence electrons. The summed E-state index contributed by atoms with van der Waals surface area (Å²) in [5.74, 6) is 0.853. The second-order valence-electron chi connectivity index (χ2n) is 3.72. The molecular weight excluding hydrogens is 312 g/mol. The lowest BCUT2D eigenvalue weighted by Gasteiger charge is -1.96. The maximum Gasteiger partial charge on any atom is 0.126 e. The van der Waals surface area contributed by atoms with Gasteiger partial charge in [-0.15, -0.1) is 11.3 Å². The van der Waals surface area contributed by atoms with Crippen molar-refractivity contribution >= 4 is 37.5 Å². The monoisotopic (exact) mass is 320 g/mol. The summed E-state index contributed by atoms with van der Waals surface area (Å²) >= 11 is 4.97. The molecule has 0 N–H and O–H groups in total. The summed E-state index contributed by atoms with van der Waals surface area (Å²) in [7, 11) is 1.67. The molecule has 0 radical (unpaired) electrons. The summed E-state index contributed by atoms with van der Waals surface area (Å²) in [5.41, 5.74) is 2.01. The van der Waals surface area contributed by atoms with Crippen LogP contribution in [0.25, 0.3) is 20.8 Å². The topological polar surface area (TPSA) is 35.0 Å². The smallest absolute Gasteiger partial charge is 0.126 e. The fraction of sp³-hybridized carbons (Fsp3) is 0.0769. The van der Waals surface area contributed by atoms with Gasteiger partial charge < -0.3 is 4.74 Å². The first kappa shape index (κ1) is 11.6. The van der Waals surface area contributed by atoms with Gasteiger partial charge in [-0.3, -0.25) is 0 Å². The molecule has 0 atom stereocenters. The van der Waals surface area contributed by atoms with E-state index in [-0.39, 0.29) is 0 Å². The lowest BCUT2D eigenvalue weighted by molar-refractivity contribution is 0.415. The molecule has 3 rings (SSSR count). The van der Waals surface area contributed by atoms with Crippen molar-refractivity contribution in [2.45, 2.75) is 0 Å². The lowest BCUT2D eigenvalue weighted by Crippen LogP contribution is -1.80. The highest BCUT2D eigenvalue weighted by atomic mass is 79.9. The Labute approximate surface area is 117 Å². The molecule has 2 heterocycles. The number of rotatable bonds is 2. The van der Waals surface area contributed by atoms with Crippen molar-refractivity contribution in [3.63, 3.8) is 0 Å². The Bertz CT molecular complexity index is 694. The van der Waals surface area contributed by atoms with Crippen LogP contribution >= 0.6 is 27.3 Å². The molecule has 0 fully saturated rings. The van der Waals surface area contributed by atoms with Crippen LogP contribution in [0.5, 0.6) is 5.75 Å². The van der Waals surface area contributed by atoms with E-state index in [2.05, 4.69) is 25.9 Å². The third-order valence-electron chi connectivity index (χ3n) is 2.57. The predicted octanol–water partition coefficient (Wildman–Crippen LogP) is 4.13. The number of fused-ring (bicyclic) bond motifs is 1. The predicted molar refractivity (Wildman–Crippen MR) is 77.1 cm³/mol. The summed E-state index contributed by atoms with van der Waals surface area (Å²) < 4.78 is 7.16. The van der Waals surface area contributed by atoms with Crippen molar-refractivity contribution < 1.29 is 4.74 Å². The number of thiazole rings is 1. The molecule has 0 spiro atoms. The van der Waals surface area contributed by atoms with Gasteiger partial charge in [-0.05, 0) is 46.3 Å². The zero-order chi connectivity index (χ0) is 12.5. The van der Waals surface area contributed by atoms with Crippen molar-refractivity contribution in [2.75, 3.05) is 7.11 Å². The number of hydrogen-bond donors (Lipinski definition) is 0. The fourth-order valence-electron chi connectivity index (χ4n) is 1.66. The third-order valence-corrected chi connectivity index (χ3v) is 4.11. The maximum absolute atomic E-state index is 5.21. The van der Waals surface area contributed by atoms with E-state index in [9.17, 15) is 0 Å². The minimum absolute atomic E-state index is 0.828. The molecule has 3 aromatic rings. The normalized spacial score (nSPS) is 10.8. The van der Waals surface area contributed by atoms with Crippen molar-refractivity contribution in [3.8, 4) is 16.3 Å². The van der Waals surface area contributed by atoms with E-state index in [0.29, 0.717) is 0 Å².